The van der Waals surface area contributed by atoms with Crippen molar-refractivity contribution in [3.8, 4) is 0 Å². The standard InChI is InChI=1S/C13H22OS/c1-3-5-8-13(4-2,11-14)10-12-7-6-9-15-12/h6-7,9,14H,3-5,8,10-11H2,1-2H3. The summed E-state index contributed by atoms with van der Waals surface area (Å²) in [7, 11) is 0. The van der Waals surface area contributed by atoms with E-state index in [0.717, 1.165) is 19.3 Å². The lowest BCUT2D eigenvalue weighted by molar-refractivity contribution is 0.108. The molecule has 86 valence electrons. The lowest BCUT2D eigenvalue weighted by Crippen LogP contribution is -2.27. The third-order valence-corrected chi connectivity index (χ3v) is 4.15. The maximum atomic E-state index is 9.61. The third kappa shape index (κ3) is 3.62. The first-order chi connectivity index (χ1) is 7.26. The van der Waals surface area contributed by atoms with Gasteiger partial charge < -0.3 is 5.11 Å². The van der Waals surface area contributed by atoms with Crippen molar-refractivity contribution in [3.63, 3.8) is 0 Å². The molecule has 1 unspecified atom stereocenters. The van der Waals surface area contributed by atoms with E-state index < -0.39 is 0 Å². The van der Waals surface area contributed by atoms with Crippen molar-refractivity contribution in [2.75, 3.05) is 6.61 Å². The van der Waals surface area contributed by atoms with Crippen LogP contribution in [0.4, 0.5) is 0 Å². The summed E-state index contributed by atoms with van der Waals surface area (Å²) >= 11 is 1.80. The second-order valence-electron chi connectivity index (χ2n) is 4.37. The highest BCUT2D eigenvalue weighted by molar-refractivity contribution is 7.09. The van der Waals surface area contributed by atoms with Crippen molar-refractivity contribution in [2.24, 2.45) is 5.41 Å². The van der Waals surface area contributed by atoms with Crippen LogP contribution in [0.2, 0.25) is 0 Å². The Morgan fingerprint density at radius 3 is 2.67 bits per heavy atom. The number of hydrogen-bond donors (Lipinski definition) is 1. The molecule has 0 aliphatic rings. The SMILES string of the molecule is CCCCC(CC)(CO)Cc1cccs1. The van der Waals surface area contributed by atoms with Gasteiger partial charge in [-0.2, -0.15) is 0 Å². The Bertz CT molecular complexity index is 250. The van der Waals surface area contributed by atoms with Gasteiger partial charge in [0.1, 0.15) is 0 Å². The van der Waals surface area contributed by atoms with E-state index in [4.69, 9.17) is 0 Å². The zero-order valence-corrected chi connectivity index (χ0v) is 10.6. The van der Waals surface area contributed by atoms with Crippen LogP contribution < -0.4 is 0 Å². The molecule has 0 aromatic carbocycles. The molecule has 2 heteroatoms. The number of hydrogen-bond acceptors (Lipinski definition) is 2. The van der Waals surface area contributed by atoms with E-state index in [-0.39, 0.29) is 5.41 Å². The van der Waals surface area contributed by atoms with Crippen molar-refractivity contribution in [1.82, 2.24) is 0 Å². The predicted molar refractivity (Wildman–Crippen MR) is 67.4 cm³/mol. The molecule has 0 aliphatic carbocycles. The molecule has 1 heterocycles. The Hall–Kier alpha value is -0.340. The number of aliphatic hydroxyl groups excluding tert-OH is 1. The molecule has 1 N–H and O–H groups in total. The molecule has 1 nitrogen and oxygen atoms in total. The summed E-state index contributed by atoms with van der Waals surface area (Å²) in [5.74, 6) is 0. The molecule has 0 fully saturated rings. The Morgan fingerprint density at radius 2 is 2.20 bits per heavy atom. The highest BCUT2D eigenvalue weighted by atomic mass is 32.1. The van der Waals surface area contributed by atoms with E-state index in [1.165, 1.54) is 17.7 Å². The van der Waals surface area contributed by atoms with Gasteiger partial charge in [0.25, 0.3) is 0 Å². The second kappa shape index (κ2) is 6.29. The highest BCUT2D eigenvalue weighted by Crippen LogP contribution is 2.33. The first-order valence-electron chi connectivity index (χ1n) is 5.89. The summed E-state index contributed by atoms with van der Waals surface area (Å²) in [6.45, 7) is 4.73. The maximum Gasteiger partial charge on any atom is 0.0490 e. The van der Waals surface area contributed by atoms with Crippen molar-refractivity contribution < 1.29 is 5.11 Å². The molecule has 0 saturated carbocycles. The maximum absolute atomic E-state index is 9.61. The lowest BCUT2D eigenvalue weighted by atomic mass is 9.77. The molecule has 1 aromatic rings. The largest absolute Gasteiger partial charge is 0.396 e. The minimum absolute atomic E-state index is 0.126. The summed E-state index contributed by atoms with van der Waals surface area (Å²) in [4.78, 5) is 1.40. The van der Waals surface area contributed by atoms with Crippen LogP contribution >= 0.6 is 11.3 Å². The van der Waals surface area contributed by atoms with E-state index in [1.54, 1.807) is 11.3 Å². The van der Waals surface area contributed by atoms with Crippen molar-refractivity contribution in [3.05, 3.63) is 22.4 Å². The molecule has 1 atom stereocenters. The summed E-state index contributed by atoms with van der Waals surface area (Å²) in [5, 5.41) is 11.7. The van der Waals surface area contributed by atoms with Gasteiger partial charge in [-0.15, -0.1) is 11.3 Å². The van der Waals surface area contributed by atoms with Crippen molar-refractivity contribution >= 4 is 11.3 Å². The van der Waals surface area contributed by atoms with E-state index in [0.29, 0.717) is 6.61 Å². The van der Waals surface area contributed by atoms with Gasteiger partial charge in [0, 0.05) is 11.5 Å². The topological polar surface area (TPSA) is 20.2 Å². The van der Waals surface area contributed by atoms with Gasteiger partial charge in [-0.1, -0.05) is 32.8 Å². The Kier molecular flexibility index (Phi) is 5.34. The molecular weight excluding hydrogens is 204 g/mol. The predicted octanol–water partition coefficient (Wildman–Crippen LogP) is 3.87. The molecule has 0 radical (unpaired) electrons. The van der Waals surface area contributed by atoms with Crippen LogP contribution in [0.25, 0.3) is 0 Å². The van der Waals surface area contributed by atoms with E-state index in [1.807, 2.05) is 0 Å². The summed E-state index contributed by atoms with van der Waals surface area (Å²) in [6, 6.07) is 4.27. The van der Waals surface area contributed by atoms with Crippen molar-refractivity contribution in [1.29, 1.82) is 0 Å². The normalized spacial score (nSPS) is 15.1. The average Bonchev–Trinajstić information content (AvgIpc) is 2.77. The summed E-state index contributed by atoms with van der Waals surface area (Å²) in [6.07, 6.45) is 5.69. The van der Waals surface area contributed by atoms with Gasteiger partial charge in [-0.3, -0.25) is 0 Å². The van der Waals surface area contributed by atoms with Crippen molar-refractivity contribution in [2.45, 2.75) is 46.0 Å². The Morgan fingerprint density at radius 1 is 1.40 bits per heavy atom. The fraction of sp³-hybridized carbons (Fsp3) is 0.692. The molecule has 1 aromatic heterocycles. The summed E-state index contributed by atoms with van der Waals surface area (Å²) in [5.41, 5.74) is 0.126. The number of unbranched alkanes of at least 4 members (excludes halogenated alkanes) is 1. The quantitative estimate of drug-likeness (QED) is 0.748. The van der Waals surface area contributed by atoms with Gasteiger partial charge in [0.2, 0.25) is 0 Å². The molecule has 0 aliphatic heterocycles. The van der Waals surface area contributed by atoms with E-state index >= 15 is 0 Å². The zero-order chi connectivity index (χ0) is 11.1. The number of rotatable bonds is 7. The third-order valence-electron chi connectivity index (χ3n) is 3.28. The van der Waals surface area contributed by atoms with Gasteiger partial charge >= 0.3 is 0 Å². The van der Waals surface area contributed by atoms with Gasteiger partial charge in [0.15, 0.2) is 0 Å². The molecule has 0 amide bonds. The molecular formula is C13H22OS. The minimum atomic E-state index is 0.126. The smallest absolute Gasteiger partial charge is 0.0490 e. The molecule has 15 heavy (non-hydrogen) atoms. The second-order valence-corrected chi connectivity index (χ2v) is 5.40. The molecule has 1 rings (SSSR count). The van der Waals surface area contributed by atoms with E-state index in [9.17, 15) is 5.11 Å². The van der Waals surface area contributed by atoms with Gasteiger partial charge in [-0.25, -0.2) is 0 Å². The molecule has 0 bridgehead atoms. The van der Waals surface area contributed by atoms with Crippen LogP contribution in [-0.2, 0) is 6.42 Å². The number of thiophene rings is 1. The Labute approximate surface area is 97.2 Å². The van der Waals surface area contributed by atoms with Crippen LogP contribution in [0, 0.1) is 5.41 Å². The van der Waals surface area contributed by atoms with Crippen LogP contribution in [0.5, 0.6) is 0 Å². The van der Waals surface area contributed by atoms with Crippen LogP contribution in [0.1, 0.15) is 44.4 Å². The van der Waals surface area contributed by atoms with E-state index in [2.05, 4.69) is 31.4 Å². The van der Waals surface area contributed by atoms with Crippen LogP contribution in [-0.4, -0.2) is 11.7 Å². The highest BCUT2D eigenvalue weighted by Gasteiger charge is 2.27. The first kappa shape index (κ1) is 12.7. The van der Waals surface area contributed by atoms with Crippen LogP contribution in [0.3, 0.4) is 0 Å². The monoisotopic (exact) mass is 226 g/mol. The molecule has 0 saturated heterocycles. The Balaban J connectivity index is 2.63. The first-order valence-corrected chi connectivity index (χ1v) is 6.77. The zero-order valence-electron chi connectivity index (χ0n) is 9.83. The number of aliphatic hydroxyl groups is 1. The molecule has 0 spiro atoms. The van der Waals surface area contributed by atoms with Gasteiger partial charge in [0.05, 0.1) is 0 Å². The fourth-order valence-electron chi connectivity index (χ4n) is 1.97. The van der Waals surface area contributed by atoms with Gasteiger partial charge in [-0.05, 0) is 36.1 Å². The minimum Gasteiger partial charge on any atom is -0.396 e. The lowest BCUT2D eigenvalue weighted by Gasteiger charge is -2.30. The van der Waals surface area contributed by atoms with Crippen LogP contribution in [0.15, 0.2) is 17.5 Å². The average molecular weight is 226 g/mol. The fourth-order valence-corrected chi connectivity index (χ4v) is 2.85. The summed E-state index contributed by atoms with van der Waals surface area (Å²) < 4.78 is 0.